The molecule has 1 fully saturated rings. The Hall–Kier alpha value is -1.85. The van der Waals surface area contributed by atoms with Gasteiger partial charge in [0.25, 0.3) is 0 Å². The highest BCUT2D eigenvalue weighted by molar-refractivity contribution is 5.68. The molecule has 0 radical (unpaired) electrons. The molecular weight excluding hydrogens is 292 g/mol. The molecule has 1 aliphatic carbocycles. The maximum Gasteiger partial charge on any atom is 0.407 e. The van der Waals surface area contributed by atoms with Crippen LogP contribution in [0, 0.1) is 18.6 Å². The highest BCUT2D eigenvalue weighted by atomic mass is 19.1. The van der Waals surface area contributed by atoms with Gasteiger partial charge in [0, 0.05) is 36.1 Å². The van der Waals surface area contributed by atoms with Crippen molar-refractivity contribution in [2.24, 2.45) is 0 Å². The van der Waals surface area contributed by atoms with Gasteiger partial charge in [0.05, 0.1) is 0 Å². The Labute approximate surface area is 128 Å². The van der Waals surface area contributed by atoms with Gasteiger partial charge in [0.2, 0.25) is 0 Å². The van der Waals surface area contributed by atoms with Crippen LogP contribution in [-0.4, -0.2) is 23.8 Å². The van der Waals surface area contributed by atoms with E-state index in [2.05, 4.69) is 5.32 Å². The minimum absolute atomic E-state index is 0.0268. The first kappa shape index (κ1) is 16.5. The Balaban J connectivity index is 1.79. The lowest BCUT2D eigenvalue weighted by atomic mass is 9.92. The van der Waals surface area contributed by atoms with Crippen molar-refractivity contribution in [2.75, 3.05) is 0 Å². The Morgan fingerprint density at radius 1 is 1.18 bits per heavy atom. The monoisotopic (exact) mass is 313 g/mol. The highest BCUT2D eigenvalue weighted by Crippen LogP contribution is 2.30. The molecule has 0 bridgehead atoms. The second-order valence-electron chi connectivity index (χ2n) is 6.63. The average molecular weight is 313 g/mol. The summed E-state index contributed by atoms with van der Waals surface area (Å²) in [7, 11) is 0. The zero-order chi connectivity index (χ0) is 16.5. The summed E-state index contributed by atoms with van der Waals surface area (Å²) in [6.07, 6.45) is 0.119. The normalized spacial score (nSPS) is 21.0. The minimum Gasteiger partial charge on any atom is -0.490 e. The van der Waals surface area contributed by atoms with Crippen LogP contribution in [0.5, 0.6) is 5.75 Å². The smallest absolute Gasteiger partial charge is 0.407 e. The maximum atomic E-state index is 13.4. The molecule has 6 heteroatoms. The van der Waals surface area contributed by atoms with Crippen molar-refractivity contribution in [1.29, 1.82) is 0 Å². The molecule has 1 aromatic rings. The first-order valence-corrected chi connectivity index (χ1v) is 7.25. The number of amides is 1. The second-order valence-corrected chi connectivity index (χ2v) is 6.63. The van der Waals surface area contributed by atoms with Crippen LogP contribution in [0.25, 0.3) is 0 Å². The zero-order valence-corrected chi connectivity index (χ0v) is 13.2. The summed E-state index contributed by atoms with van der Waals surface area (Å²) >= 11 is 0. The van der Waals surface area contributed by atoms with Crippen LogP contribution in [0.1, 0.15) is 39.2 Å². The Morgan fingerprint density at radius 2 is 1.73 bits per heavy atom. The fourth-order valence-corrected chi connectivity index (χ4v) is 2.08. The van der Waals surface area contributed by atoms with Gasteiger partial charge in [-0.3, -0.25) is 0 Å². The zero-order valence-electron chi connectivity index (χ0n) is 13.2. The van der Waals surface area contributed by atoms with E-state index in [4.69, 9.17) is 9.47 Å². The van der Waals surface area contributed by atoms with Gasteiger partial charge in [-0.15, -0.1) is 0 Å². The number of benzene rings is 1. The third-order valence-corrected chi connectivity index (χ3v) is 3.36. The van der Waals surface area contributed by atoms with Gasteiger partial charge in [-0.1, -0.05) is 0 Å². The van der Waals surface area contributed by atoms with Gasteiger partial charge in [-0.2, -0.15) is 0 Å². The molecule has 1 aromatic carbocycles. The lowest BCUT2D eigenvalue weighted by Crippen LogP contribution is -2.46. The molecule has 0 aromatic heterocycles. The molecule has 1 amide bonds. The van der Waals surface area contributed by atoms with E-state index in [9.17, 15) is 13.6 Å². The number of hydrogen-bond acceptors (Lipinski definition) is 3. The predicted molar refractivity (Wildman–Crippen MR) is 77.9 cm³/mol. The third-order valence-electron chi connectivity index (χ3n) is 3.36. The number of halogens is 2. The Morgan fingerprint density at radius 3 is 2.23 bits per heavy atom. The van der Waals surface area contributed by atoms with E-state index in [1.54, 1.807) is 0 Å². The van der Waals surface area contributed by atoms with Gasteiger partial charge in [0.15, 0.2) is 0 Å². The van der Waals surface area contributed by atoms with Gasteiger partial charge in [0.1, 0.15) is 29.6 Å². The van der Waals surface area contributed by atoms with E-state index in [1.807, 2.05) is 20.8 Å². The minimum atomic E-state index is -0.633. The summed E-state index contributed by atoms with van der Waals surface area (Å²) in [5, 5.41) is 2.70. The number of nitrogens with one attached hydrogen (secondary N) is 1. The fraction of sp³-hybridized carbons (Fsp3) is 0.562. The summed E-state index contributed by atoms with van der Waals surface area (Å²) in [5.41, 5.74) is -0.380. The molecule has 122 valence electrons. The summed E-state index contributed by atoms with van der Waals surface area (Å²) in [6.45, 7) is 6.96. The van der Waals surface area contributed by atoms with Crippen LogP contribution in [0.4, 0.5) is 13.6 Å². The van der Waals surface area contributed by atoms with Crippen molar-refractivity contribution in [3.63, 3.8) is 0 Å². The number of carbonyl (C=O) groups is 1. The maximum absolute atomic E-state index is 13.4. The Bertz CT molecular complexity index is 540. The molecule has 1 saturated carbocycles. The predicted octanol–water partition coefficient (Wildman–Crippen LogP) is 3.71. The number of rotatable bonds is 3. The largest absolute Gasteiger partial charge is 0.490 e. The molecule has 0 unspecified atom stereocenters. The second kappa shape index (κ2) is 6.10. The molecule has 2 rings (SSSR count). The van der Waals surface area contributed by atoms with Gasteiger partial charge < -0.3 is 14.8 Å². The van der Waals surface area contributed by atoms with Crippen LogP contribution in [-0.2, 0) is 4.74 Å². The van der Waals surface area contributed by atoms with E-state index in [0.717, 1.165) is 0 Å². The molecule has 0 atom stereocenters. The van der Waals surface area contributed by atoms with Gasteiger partial charge >= 0.3 is 6.09 Å². The van der Waals surface area contributed by atoms with Crippen molar-refractivity contribution in [3.8, 4) is 5.75 Å². The van der Waals surface area contributed by atoms with Crippen LogP contribution < -0.4 is 10.1 Å². The SMILES string of the molecule is Cc1c(F)cc(OC2CC(OC(=O)NC(C)(C)C)C2)cc1F. The first-order valence-electron chi connectivity index (χ1n) is 7.25. The van der Waals surface area contributed by atoms with Crippen molar-refractivity contribution in [1.82, 2.24) is 5.32 Å². The lowest BCUT2D eigenvalue weighted by molar-refractivity contribution is -0.0245. The van der Waals surface area contributed by atoms with E-state index < -0.39 is 17.7 Å². The van der Waals surface area contributed by atoms with Crippen molar-refractivity contribution in [2.45, 2.75) is 58.3 Å². The molecular formula is C16H21F2NO3. The molecule has 0 aliphatic heterocycles. The fourth-order valence-electron chi connectivity index (χ4n) is 2.08. The number of ether oxygens (including phenoxy) is 2. The topological polar surface area (TPSA) is 47.6 Å². The summed E-state index contributed by atoms with van der Waals surface area (Å²) in [6, 6.07) is 2.33. The van der Waals surface area contributed by atoms with Gasteiger partial charge in [-0.25, -0.2) is 13.6 Å². The Kier molecular flexibility index (Phi) is 4.58. The van der Waals surface area contributed by atoms with Crippen molar-refractivity contribution < 1.29 is 23.0 Å². The molecule has 4 nitrogen and oxygen atoms in total. The molecule has 0 heterocycles. The molecule has 0 saturated heterocycles. The highest BCUT2D eigenvalue weighted by Gasteiger charge is 2.34. The van der Waals surface area contributed by atoms with E-state index >= 15 is 0 Å². The van der Waals surface area contributed by atoms with Crippen LogP contribution in [0.2, 0.25) is 0 Å². The molecule has 0 spiro atoms. The first-order chi connectivity index (χ1) is 10.1. The number of alkyl carbamates (subject to hydrolysis) is 1. The number of hydrogen-bond donors (Lipinski definition) is 1. The molecule has 22 heavy (non-hydrogen) atoms. The van der Waals surface area contributed by atoms with Crippen molar-refractivity contribution in [3.05, 3.63) is 29.3 Å². The standard InChI is InChI=1S/C16H21F2NO3/c1-9-13(17)7-12(8-14(9)18)21-10-5-11(6-10)22-15(20)19-16(2,3)4/h7-8,10-11H,5-6H2,1-4H3,(H,19,20). The third kappa shape index (κ3) is 4.32. The average Bonchev–Trinajstić information content (AvgIpc) is 2.30. The summed E-state index contributed by atoms with van der Waals surface area (Å²) < 4.78 is 37.5. The quantitative estimate of drug-likeness (QED) is 0.925. The lowest BCUT2D eigenvalue weighted by Gasteiger charge is -2.35. The van der Waals surface area contributed by atoms with E-state index in [-0.39, 0.29) is 29.1 Å². The van der Waals surface area contributed by atoms with Crippen LogP contribution in [0.3, 0.4) is 0 Å². The molecule has 1 N–H and O–H groups in total. The summed E-state index contributed by atoms with van der Waals surface area (Å²) in [5.74, 6) is -1.11. The van der Waals surface area contributed by atoms with E-state index in [0.29, 0.717) is 12.8 Å². The van der Waals surface area contributed by atoms with Gasteiger partial charge in [-0.05, 0) is 27.7 Å². The van der Waals surface area contributed by atoms with Crippen LogP contribution in [0.15, 0.2) is 12.1 Å². The summed E-state index contributed by atoms with van der Waals surface area (Å²) in [4.78, 5) is 11.6. The van der Waals surface area contributed by atoms with Crippen LogP contribution >= 0.6 is 0 Å². The molecule has 1 aliphatic rings. The van der Waals surface area contributed by atoms with Crippen molar-refractivity contribution >= 4 is 6.09 Å². The van der Waals surface area contributed by atoms with E-state index in [1.165, 1.54) is 19.1 Å². The number of carbonyl (C=O) groups excluding carboxylic acids is 1.